The summed E-state index contributed by atoms with van der Waals surface area (Å²) < 4.78 is 0. The standard InChI is InChI=1S/C21H26ClN/c22-20-13-11-19(12-14-20)21(18-8-2-1-3-9-18)10-4-5-15-23-16-6-7-17-23/h1-3,8-9,11-14,21H,4-7,10,15-17H2. The van der Waals surface area contributed by atoms with E-state index < -0.39 is 0 Å². The largest absolute Gasteiger partial charge is 0.303 e. The highest BCUT2D eigenvalue weighted by Gasteiger charge is 2.15. The highest BCUT2D eigenvalue weighted by Crippen LogP contribution is 2.30. The third-order valence-electron chi connectivity index (χ3n) is 4.89. The molecule has 2 aromatic carbocycles. The zero-order valence-corrected chi connectivity index (χ0v) is 14.5. The number of unbranched alkanes of at least 4 members (excludes halogenated alkanes) is 1. The summed E-state index contributed by atoms with van der Waals surface area (Å²) in [5.41, 5.74) is 2.79. The van der Waals surface area contributed by atoms with Crippen molar-refractivity contribution in [3.8, 4) is 0 Å². The molecule has 122 valence electrons. The number of nitrogens with zero attached hydrogens (tertiary/aromatic N) is 1. The van der Waals surface area contributed by atoms with Gasteiger partial charge in [-0.3, -0.25) is 0 Å². The molecule has 0 N–H and O–H groups in total. The van der Waals surface area contributed by atoms with Gasteiger partial charge < -0.3 is 4.90 Å². The number of rotatable bonds is 7. The molecule has 0 aromatic heterocycles. The van der Waals surface area contributed by atoms with E-state index in [2.05, 4.69) is 47.4 Å². The lowest BCUT2D eigenvalue weighted by atomic mass is 9.87. The number of benzene rings is 2. The number of halogens is 1. The minimum absolute atomic E-state index is 0.479. The van der Waals surface area contributed by atoms with E-state index in [4.69, 9.17) is 11.6 Å². The molecular formula is C21H26ClN. The number of hydrogen-bond acceptors (Lipinski definition) is 1. The van der Waals surface area contributed by atoms with E-state index in [-0.39, 0.29) is 0 Å². The maximum atomic E-state index is 6.06. The Balaban J connectivity index is 1.62. The molecule has 2 heteroatoms. The zero-order valence-electron chi connectivity index (χ0n) is 13.8. The lowest BCUT2D eigenvalue weighted by Gasteiger charge is -2.19. The van der Waals surface area contributed by atoms with Crippen molar-refractivity contribution in [2.45, 2.75) is 38.0 Å². The Morgan fingerprint density at radius 1 is 0.826 bits per heavy atom. The first-order valence-corrected chi connectivity index (χ1v) is 9.23. The van der Waals surface area contributed by atoms with Crippen LogP contribution in [0.15, 0.2) is 54.6 Å². The number of likely N-dealkylation sites (tertiary alicyclic amines) is 1. The van der Waals surface area contributed by atoms with E-state index in [1.807, 2.05) is 12.1 Å². The van der Waals surface area contributed by atoms with Crippen LogP contribution in [0.5, 0.6) is 0 Å². The summed E-state index contributed by atoms with van der Waals surface area (Å²) in [7, 11) is 0. The van der Waals surface area contributed by atoms with E-state index in [1.165, 1.54) is 62.9 Å². The Hall–Kier alpha value is -1.31. The second-order valence-electron chi connectivity index (χ2n) is 6.56. The third kappa shape index (κ3) is 4.83. The van der Waals surface area contributed by atoms with E-state index in [0.717, 1.165) is 5.02 Å². The fourth-order valence-corrected chi connectivity index (χ4v) is 3.72. The molecule has 0 bridgehead atoms. The molecule has 1 atom stereocenters. The van der Waals surface area contributed by atoms with Gasteiger partial charge in [0.2, 0.25) is 0 Å². The summed E-state index contributed by atoms with van der Waals surface area (Å²) in [6.07, 6.45) is 6.56. The van der Waals surface area contributed by atoms with Crippen molar-refractivity contribution in [3.63, 3.8) is 0 Å². The predicted octanol–water partition coefficient (Wildman–Crippen LogP) is 5.74. The molecule has 1 fully saturated rings. The molecule has 2 aromatic rings. The van der Waals surface area contributed by atoms with Gasteiger partial charge >= 0.3 is 0 Å². The summed E-state index contributed by atoms with van der Waals surface area (Å²) in [6.45, 7) is 3.88. The highest BCUT2D eigenvalue weighted by atomic mass is 35.5. The summed E-state index contributed by atoms with van der Waals surface area (Å²) in [5, 5.41) is 0.814. The maximum absolute atomic E-state index is 6.06. The van der Waals surface area contributed by atoms with Gasteiger partial charge in [-0.05, 0) is 68.6 Å². The molecule has 0 aliphatic carbocycles. The second kappa shape index (κ2) is 8.52. The van der Waals surface area contributed by atoms with Gasteiger partial charge in [0.1, 0.15) is 0 Å². The lowest BCUT2D eigenvalue weighted by Crippen LogP contribution is -2.20. The molecule has 0 spiro atoms. The van der Waals surface area contributed by atoms with Crippen molar-refractivity contribution in [1.29, 1.82) is 0 Å². The lowest BCUT2D eigenvalue weighted by molar-refractivity contribution is 0.327. The van der Waals surface area contributed by atoms with Crippen LogP contribution in [0.4, 0.5) is 0 Å². The third-order valence-corrected chi connectivity index (χ3v) is 5.14. The van der Waals surface area contributed by atoms with Gasteiger partial charge in [0.15, 0.2) is 0 Å². The van der Waals surface area contributed by atoms with E-state index in [0.29, 0.717) is 5.92 Å². The Kier molecular flexibility index (Phi) is 6.13. The van der Waals surface area contributed by atoms with E-state index in [1.54, 1.807) is 0 Å². The zero-order chi connectivity index (χ0) is 15.9. The van der Waals surface area contributed by atoms with Crippen molar-refractivity contribution in [2.24, 2.45) is 0 Å². The molecule has 0 radical (unpaired) electrons. The smallest absolute Gasteiger partial charge is 0.0406 e. The molecule has 1 aliphatic heterocycles. The summed E-state index contributed by atoms with van der Waals surface area (Å²) >= 11 is 6.06. The molecular weight excluding hydrogens is 302 g/mol. The molecule has 1 aliphatic rings. The topological polar surface area (TPSA) is 3.24 Å². The maximum Gasteiger partial charge on any atom is 0.0406 e. The minimum atomic E-state index is 0.479. The van der Waals surface area contributed by atoms with Gasteiger partial charge in [-0.2, -0.15) is 0 Å². The van der Waals surface area contributed by atoms with Crippen molar-refractivity contribution in [3.05, 3.63) is 70.7 Å². The Labute approximate surface area is 145 Å². The van der Waals surface area contributed by atoms with Crippen molar-refractivity contribution >= 4 is 11.6 Å². The van der Waals surface area contributed by atoms with Crippen LogP contribution in [-0.2, 0) is 0 Å². The normalized spacial score (nSPS) is 16.6. The van der Waals surface area contributed by atoms with Gasteiger partial charge in [0, 0.05) is 10.9 Å². The number of hydrogen-bond donors (Lipinski definition) is 0. The Morgan fingerprint density at radius 3 is 2.17 bits per heavy atom. The SMILES string of the molecule is Clc1ccc(C(CCCCN2CCCC2)c2ccccc2)cc1. The average molecular weight is 328 g/mol. The average Bonchev–Trinajstić information content (AvgIpc) is 3.10. The molecule has 0 saturated carbocycles. The monoisotopic (exact) mass is 327 g/mol. The first-order chi connectivity index (χ1) is 11.3. The molecule has 1 unspecified atom stereocenters. The van der Waals surface area contributed by atoms with Gasteiger partial charge in [0.05, 0.1) is 0 Å². The first kappa shape index (κ1) is 16.5. The predicted molar refractivity (Wildman–Crippen MR) is 99.3 cm³/mol. The van der Waals surface area contributed by atoms with Crippen LogP contribution in [0.2, 0.25) is 5.02 Å². The minimum Gasteiger partial charge on any atom is -0.303 e. The summed E-state index contributed by atoms with van der Waals surface area (Å²) in [6, 6.07) is 19.3. The fourth-order valence-electron chi connectivity index (χ4n) is 3.60. The second-order valence-corrected chi connectivity index (χ2v) is 7.00. The Bertz CT molecular complexity index is 573. The van der Waals surface area contributed by atoms with Crippen LogP contribution >= 0.6 is 11.6 Å². The molecule has 0 amide bonds. The van der Waals surface area contributed by atoms with Crippen LogP contribution in [0.3, 0.4) is 0 Å². The van der Waals surface area contributed by atoms with Crippen molar-refractivity contribution < 1.29 is 0 Å². The van der Waals surface area contributed by atoms with Crippen LogP contribution in [0.25, 0.3) is 0 Å². The van der Waals surface area contributed by atoms with Gasteiger partial charge in [-0.15, -0.1) is 0 Å². The van der Waals surface area contributed by atoms with E-state index >= 15 is 0 Å². The summed E-state index contributed by atoms with van der Waals surface area (Å²) in [5.74, 6) is 0.479. The van der Waals surface area contributed by atoms with Crippen molar-refractivity contribution in [1.82, 2.24) is 4.90 Å². The van der Waals surface area contributed by atoms with Gasteiger partial charge in [-0.1, -0.05) is 60.5 Å². The van der Waals surface area contributed by atoms with Crippen molar-refractivity contribution in [2.75, 3.05) is 19.6 Å². The highest BCUT2D eigenvalue weighted by molar-refractivity contribution is 6.30. The van der Waals surface area contributed by atoms with Crippen LogP contribution < -0.4 is 0 Å². The first-order valence-electron chi connectivity index (χ1n) is 8.86. The molecule has 23 heavy (non-hydrogen) atoms. The summed E-state index contributed by atoms with van der Waals surface area (Å²) in [4.78, 5) is 2.61. The fraction of sp³-hybridized carbons (Fsp3) is 0.429. The van der Waals surface area contributed by atoms with Gasteiger partial charge in [0.25, 0.3) is 0 Å². The molecule has 1 saturated heterocycles. The van der Waals surface area contributed by atoms with Gasteiger partial charge in [-0.25, -0.2) is 0 Å². The quantitative estimate of drug-likeness (QED) is 0.586. The molecule has 1 nitrogen and oxygen atoms in total. The Morgan fingerprint density at radius 2 is 1.48 bits per heavy atom. The van der Waals surface area contributed by atoms with Crippen LogP contribution in [0, 0.1) is 0 Å². The molecule has 1 heterocycles. The molecule has 3 rings (SSSR count). The van der Waals surface area contributed by atoms with Crippen LogP contribution in [-0.4, -0.2) is 24.5 Å². The van der Waals surface area contributed by atoms with Crippen LogP contribution in [0.1, 0.15) is 49.1 Å². The van der Waals surface area contributed by atoms with E-state index in [9.17, 15) is 0 Å².